The topological polar surface area (TPSA) is 67.2 Å². The molecule has 27 heavy (non-hydrogen) atoms. The SMILES string of the molecule is CN1C(=O)CC(C(=O)Nc2cnn(CC(F)(F)F)c2)C1c1ccc(F)cc1. The highest BCUT2D eigenvalue weighted by Gasteiger charge is 2.42. The number of alkyl halides is 3. The number of nitrogens with one attached hydrogen (secondary N) is 1. The Morgan fingerprint density at radius 1 is 1.30 bits per heavy atom. The van der Waals surface area contributed by atoms with Gasteiger partial charge >= 0.3 is 6.18 Å². The van der Waals surface area contributed by atoms with Crippen molar-refractivity contribution in [3.63, 3.8) is 0 Å². The lowest BCUT2D eigenvalue weighted by Crippen LogP contribution is -2.30. The second-order valence-electron chi connectivity index (χ2n) is 6.34. The molecular formula is C17H16F4N4O2. The summed E-state index contributed by atoms with van der Waals surface area (Å²) in [7, 11) is 1.55. The van der Waals surface area contributed by atoms with Crippen molar-refractivity contribution in [2.75, 3.05) is 12.4 Å². The number of carbonyl (C=O) groups excluding carboxylic acids is 2. The van der Waals surface area contributed by atoms with Gasteiger partial charge in [0.15, 0.2) is 0 Å². The Balaban J connectivity index is 1.76. The van der Waals surface area contributed by atoms with E-state index in [9.17, 15) is 27.2 Å². The summed E-state index contributed by atoms with van der Waals surface area (Å²) in [6, 6.07) is 4.88. The first kappa shape index (κ1) is 18.9. The molecule has 2 heterocycles. The van der Waals surface area contributed by atoms with Crippen LogP contribution in [0.5, 0.6) is 0 Å². The Labute approximate surface area is 151 Å². The Bertz CT molecular complexity index is 847. The molecule has 2 unspecified atom stereocenters. The maximum Gasteiger partial charge on any atom is 0.408 e. The standard InChI is InChI=1S/C17H16F4N4O2/c1-24-14(26)6-13(15(24)10-2-4-11(18)5-3-10)16(27)23-12-7-22-25(8-12)9-17(19,20)21/h2-5,7-8,13,15H,6,9H2,1H3,(H,23,27). The average Bonchev–Trinajstić information content (AvgIpc) is 3.12. The molecule has 0 aliphatic carbocycles. The van der Waals surface area contributed by atoms with Crippen LogP contribution >= 0.6 is 0 Å². The van der Waals surface area contributed by atoms with Gasteiger partial charge in [0.05, 0.1) is 23.8 Å². The third-order valence-electron chi connectivity index (χ3n) is 4.38. The van der Waals surface area contributed by atoms with Crippen molar-refractivity contribution < 1.29 is 27.2 Å². The van der Waals surface area contributed by atoms with Crippen LogP contribution in [0.1, 0.15) is 18.0 Å². The molecule has 2 aromatic rings. The van der Waals surface area contributed by atoms with Crippen molar-refractivity contribution in [1.82, 2.24) is 14.7 Å². The van der Waals surface area contributed by atoms with E-state index in [4.69, 9.17) is 0 Å². The zero-order valence-electron chi connectivity index (χ0n) is 14.2. The van der Waals surface area contributed by atoms with Gasteiger partial charge in [0.2, 0.25) is 11.8 Å². The lowest BCUT2D eigenvalue weighted by atomic mass is 9.93. The summed E-state index contributed by atoms with van der Waals surface area (Å²) in [6.07, 6.45) is -2.31. The summed E-state index contributed by atoms with van der Waals surface area (Å²) < 4.78 is 51.0. The second-order valence-corrected chi connectivity index (χ2v) is 6.34. The van der Waals surface area contributed by atoms with Crippen LogP contribution in [-0.2, 0) is 16.1 Å². The first-order valence-corrected chi connectivity index (χ1v) is 8.05. The van der Waals surface area contributed by atoms with Crippen molar-refractivity contribution in [3.05, 3.63) is 48.0 Å². The molecule has 10 heteroatoms. The van der Waals surface area contributed by atoms with E-state index in [-0.39, 0.29) is 18.0 Å². The van der Waals surface area contributed by atoms with Crippen LogP contribution in [0.15, 0.2) is 36.7 Å². The molecule has 144 valence electrons. The highest BCUT2D eigenvalue weighted by atomic mass is 19.4. The largest absolute Gasteiger partial charge is 0.408 e. The normalized spacial score (nSPS) is 20.2. The molecular weight excluding hydrogens is 368 g/mol. The maximum absolute atomic E-state index is 13.2. The summed E-state index contributed by atoms with van der Waals surface area (Å²) >= 11 is 0. The van der Waals surface area contributed by atoms with Crippen molar-refractivity contribution in [3.8, 4) is 0 Å². The van der Waals surface area contributed by atoms with Gasteiger partial charge in [-0.1, -0.05) is 12.1 Å². The number of benzene rings is 1. The van der Waals surface area contributed by atoms with Gasteiger partial charge in [-0.15, -0.1) is 0 Å². The van der Waals surface area contributed by atoms with E-state index < -0.39 is 36.4 Å². The Morgan fingerprint density at radius 3 is 2.59 bits per heavy atom. The molecule has 0 bridgehead atoms. The fourth-order valence-electron chi connectivity index (χ4n) is 3.15. The van der Waals surface area contributed by atoms with E-state index in [1.807, 2.05) is 0 Å². The summed E-state index contributed by atoms with van der Waals surface area (Å²) in [5, 5.41) is 6.06. The average molecular weight is 384 g/mol. The molecule has 1 N–H and O–H groups in total. The molecule has 3 rings (SSSR count). The minimum Gasteiger partial charge on any atom is -0.338 e. The first-order chi connectivity index (χ1) is 12.6. The fraction of sp³-hybridized carbons (Fsp3) is 0.353. The molecule has 1 saturated heterocycles. The number of carbonyl (C=O) groups is 2. The summed E-state index contributed by atoms with van der Waals surface area (Å²) in [4.78, 5) is 26.1. The van der Waals surface area contributed by atoms with E-state index in [0.717, 1.165) is 12.4 Å². The van der Waals surface area contributed by atoms with Gasteiger partial charge in [0.25, 0.3) is 0 Å². The van der Waals surface area contributed by atoms with Crippen LogP contribution in [0.3, 0.4) is 0 Å². The number of aromatic nitrogens is 2. The molecule has 1 aliphatic rings. The summed E-state index contributed by atoms with van der Waals surface area (Å²) in [6.45, 7) is -1.27. The van der Waals surface area contributed by atoms with E-state index >= 15 is 0 Å². The number of likely N-dealkylation sites (tertiary alicyclic amines) is 1. The van der Waals surface area contributed by atoms with Gasteiger partial charge in [-0.05, 0) is 17.7 Å². The number of amides is 2. The van der Waals surface area contributed by atoms with Gasteiger partial charge in [-0.25, -0.2) is 4.39 Å². The van der Waals surface area contributed by atoms with Crippen molar-refractivity contribution >= 4 is 17.5 Å². The lowest BCUT2D eigenvalue weighted by molar-refractivity contribution is -0.142. The van der Waals surface area contributed by atoms with Crippen molar-refractivity contribution in [1.29, 1.82) is 0 Å². The molecule has 2 amide bonds. The Morgan fingerprint density at radius 2 is 1.96 bits per heavy atom. The monoisotopic (exact) mass is 384 g/mol. The van der Waals surface area contributed by atoms with E-state index in [1.54, 1.807) is 7.05 Å². The van der Waals surface area contributed by atoms with Crippen LogP contribution in [0, 0.1) is 11.7 Å². The minimum atomic E-state index is -4.43. The number of rotatable bonds is 4. The number of nitrogens with zero attached hydrogens (tertiary/aromatic N) is 3. The third-order valence-corrected chi connectivity index (χ3v) is 4.38. The molecule has 2 atom stereocenters. The Kier molecular flexibility index (Phi) is 4.90. The lowest BCUT2D eigenvalue weighted by Gasteiger charge is -2.24. The van der Waals surface area contributed by atoms with E-state index in [1.165, 1.54) is 29.2 Å². The van der Waals surface area contributed by atoms with Gasteiger partial charge in [0.1, 0.15) is 12.4 Å². The van der Waals surface area contributed by atoms with Crippen LogP contribution < -0.4 is 5.32 Å². The predicted octanol–water partition coefficient (Wildman–Crippen LogP) is 2.74. The molecule has 1 aromatic carbocycles. The number of anilines is 1. The number of hydrogen-bond acceptors (Lipinski definition) is 3. The smallest absolute Gasteiger partial charge is 0.338 e. The van der Waals surface area contributed by atoms with Gasteiger partial charge in [0, 0.05) is 19.7 Å². The van der Waals surface area contributed by atoms with Gasteiger partial charge in [-0.3, -0.25) is 14.3 Å². The maximum atomic E-state index is 13.2. The third kappa shape index (κ3) is 4.26. The second kappa shape index (κ2) is 7.01. The quantitative estimate of drug-likeness (QED) is 0.825. The van der Waals surface area contributed by atoms with Gasteiger partial charge < -0.3 is 10.2 Å². The first-order valence-electron chi connectivity index (χ1n) is 8.05. The van der Waals surface area contributed by atoms with Crippen LogP contribution in [-0.4, -0.2) is 39.7 Å². The summed E-state index contributed by atoms with van der Waals surface area (Å²) in [5.41, 5.74) is 0.696. The number of halogens is 4. The van der Waals surface area contributed by atoms with Crippen molar-refractivity contribution in [2.24, 2.45) is 5.92 Å². The van der Waals surface area contributed by atoms with Gasteiger partial charge in [-0.2, -0.15) is 18.3 Å². The molecule has 1 aromatic heterocycles. The zero-order valence-corrected chi connectivity index (χ0v) is 14.2. The van der Waals surface area contributed by atoms with Crippen LogP contribution in [0.25, 0.3) is 0 Å². The molecule has 0 saturated carbocycles. The Hall–Kier alpha value is -2.91. The molecule has 6 nitrogen and oxygen atoms in total. The molecule has 0 radical (unpaired) electrons. The zero-order chi connectivity index (χ0) is 19.8. The minimum absolute atomic E-state index is 0.0545. The fourth-order valence-corrected chi connectivity index (χ4v) is 3.15. The predicted molar refractivity (Wildman–Crippen MR) is 86.9 cm³/mol. The van der Waals surface area contributed by atoms with E-state index in [0.29, 0.717) is 10.2 Å². The highest BCUT2D eigenvalue weighted by Crippen LogP contribution is 2.37. The van der Waals surface area contributed by atoms with Crippen molar-refractivity contribution in [2.45, 2.75) is 25.2 Å². The van der Waals surface area contributed by atoms with E-state index in [2.05, 4.69) is 10.4 Å². The summed E-state index contributed by atoms with van der Waals surface area (Å²) in [5.74, 6) is -1.98. The molecule has 1 aliphatic heterocycles. The van der Waals surface area contributed by atoms with Crippen LogP contribution in [0.4, 0.5) is 23.2 Å². The molecule has 0 spiro atoms. The number of hydrogen-bond donors (Lipinski definition) is 1. The highest BCUT2D eigenvalue weighted by molar-refractivity contribution is 5.97. The van der Waals surface area contributed by atoms with Crippen LogP contribution in [0.2, 0.25) is 0 Å². The molecule has 1 fully saturated rings.